The molecule has 48 heavy (non-hydrogen) atoms. The summed E-state index contributed by atoms with van der Waals surface area (Å²) in [5.74, 6) is 4.06. The summed E-state index contributed by atoms with van der Waals surface area (Å²) in [5.41, 5.74) is 8.99. The van der Waals surface area contributed by atoms with Gasteiger partial charge in [0.2, 0.25) is 0 Å². The minimum atomic E-state index is 0.435. The highest BCUT2D eigenvalue weighted by Gasteiger charge is 2.47. The van der Waals surface area contributed by atoms with E-state index in [2.05, 4.69) is 182 Å². The van der Waals surface area contributed by atoms with E-state index in [4.69, 9.17) is 0 Å². The van der Waals surface area contributed by atoms with E-state index < -0.39 is 0 Å². The first-order valence-corrected chi connectivity index (χ1v) is 18.1. The van der Waals surface area contributed by atoms with Crippen LogP contribution in [0.15, 0.2) is 182 Å². The van der Waals surface area contributed by atoms with Crippen molar-refractivity contribution in [1.29, 1.82) is 0 Å². The summed E-state index contributed by atoms with van der Waals surface area (Å²) >= 11 is 0. The second kappa shape index (κ2) is 14.2. The molecule has 0 nitrogen and oxygen atoms in total. The fraction of sp³-hybridized carbons (Fsp3) is 0.250. The first-order valence-electron chi connectivity index (χ1n) is 18.1. The van der Waals surface area contributed by atoms with Crippen molar-refractivity contribution in [2.45, 2.75) is 61.2 Å². The van der Waals surface area contributed by atoms with Crippen molar-refractivity contribution in [2.75, 3.05) is 0 Å². The van der Waals surface area contributed by atoms with Gasteiger partial charge in [0, 0.05) is 0 Å². The Bertz CT molecular complexity index is 1600. The van der Waals surface area contributed by atoms with Gasteiger partial charge in [0.15, 0.2) is 0 Å². The Balaban J connectivity index is 1.24. The normalized spacial score (nSPS) is 25.0. The molecule has 0 bridgehead atoms. The summed E-state index contributed by atoms with van der Waals surface area (Å²) in [4.78, 5) is 0. The molecule has 6 unspecified atom stereocenters. The third-order valence-electron chi connectivity index (χ3n) is 11.9. The molecule has 0 aromatic heterocycles. The van der Waals surface area contributed by atoms with Gasteiger partial charge >= 0.3 is 0 Å². The minimum Gasteiger partial charge on any atom is -0.0622 e. The van der Waals surface area contributed by atoms with Gasteiger partial charge < -0.3 is 0 Å². The molecule has 0 heterocycles. The highest BCUT2D eigenvalue weighted by molar-refractivity contribution is 5.38. The Hall–Kier alpha value is -4.68. The van der Waals surface area contributed by atoms with E-state index in [-0.39, 0.29) is 0 Å². The third kappa shape index (κ3) is 6.29. The second-order valence-electron chi connectivity index (χ2n) is 14.4. The molecular weight excluding hydrogens is 577 g/mol. The van der Waals surface area contributed by atoms with Gasteiger partial charge in [-0.1, -0.05) is 182 Å². The van der Waals surface area contributed by atoms with Gasteiger partial charge in [0.1, 0.15) is 0 Å². The molecule has 0 heteroatoms. The molecule has 2 fully saturated rings. The quantitative estimate of drug-likeness (QED) is 0.150. The first-order chi connectivity index (χ1) is 23.8. The molecule has 6 atom stereocenters. The third-order valence-corrected chi connectivity index (χ3v) is 11.9. The van der Waals surface area contributed by atoms with E-state index in [1.54, 1.807) is 0 Å². The lowest BCUT2D eigenvalue weighted by Crippen LogP contribution is -2.25. The van der Waals surface area contributed by atoms with Gasteiger partial charge in [-0.05, 0) is 106 Å². The zero-order chi connectivity index (χ0) is 32.1. The Labute approximate surface area is 287 Å². The largest absolute Gasteiger partial charge is 0.0622 e. The molecule has 8 rings (SSSR count). The van der Waals surface area contributed by atoms with Crippen molar-refractivity contribution < 1.29 is 0 Å². The van der Waals surface area contributed by atoms with Gasteiger partial charge in [-0.3, -0.25) is 0 Å². The topological polar surface area (TPSA) is 0 Å². The Kier molecular flexibility index (Phi) is 9.07. The average Bonchev–Trinajstić information content (AvgIpc) is 3.82. The van der Waals surface area contributed by atoms with Crippen LogP contribution in [-0.2, 0) is 0 Å². The Morgan fingerprint density at radius 3 is 0.708 bits per heavy atom. The van der Waals surface area contributed by atoms with Crippen LogP contribution in [0.4, 0.5) is 0 Å². The molecule has 0 saturated heterocycles. The van der Waals surface area contributed by atoms with E-state index >= 15 is 0 Å². The molecular formula is C48H46. The van der Waals surface area contributed by atoms with Crippen LogP contribution in [0.25, 0.3) is 0 Å². The molecule has 2 saturated carbocycles. The maximum absolute atomic E-state index is 2.44. The summed E-state index contributed by atoms with van der Waals surface area (Å²) in [6.07, 6.45) is 4.85. The summed E-state index contributed by atoms with van der Waals surface area (Å²) in [6.45, 7) is 0. The van der Waals surface area contributed by atoms with Crippen molar-refractivity contribution in [3.05, 3.63) is 215 Å². The van der Waals surface area contributed by atoms with E-state index in [0.29, 0.717) is 47.3 Å². The highest BCUT2D eigenvalue weighted by atomic mass is 14.5. The summed E-state index contributed by atoms with van der Waals surface area (Å²) in [7, 11) is 0. The standard InChI is InChI=1S/C48H46/c1-7-19-35(20-8-1)43-31-41(32-44(43)36-21-9-2-10-22-36)47(39-27-15-5-16-28-39)48(40-29-17-6-18-30-40)42-33-45(37-23-11-3-12-24-37)46(34-42)38-25-13-4-14-26-38/h1-30,41-48H,31-34H2. The molecule has 0 N–H and O–H groups in total. The average molecular weight is 623 g/mol. The molecule has 2 aliphatic carbocycles. The lowest BCUT2D eigenvalue weighted by Gasteiger charge is -2.37. The first kappa shape index (κ1) is 30.6. The van der Waals surface area contributed by atoms with E-state index in [9.17, 15) is 0 Å². The van der Waals surface area contributed by atoms with Gasteiger partial charge in [0.25, 0.3) is 0 Å². The van der Waals surface area contributed by atoms with Crippen LogP contribution < -0.4 is 0 Å². The molecule has 6 aromatic rings. The lowest BCUT2D eigenvalue weighted by atomic mass is 9.67. The van der Waals surface area contributed by atoms with Crippen molar-refractivity contribution in [2.24, 2.45) is 11.8 Å². The summed E-state index contributed by atoms with van der Waals surface area (Å²) in [6, 6.07) is 68.8. The molecule has 0 aliphatic heterocycles. The summed E-state index contributed by atoms with van der Waals surface area (Å²) in [5, 5.41) is 0. The van der Waals surface area contributed by atoms with Crippen molar-refractivity contribution in [3.63, 3.8) is 0 Å². The number of rotatable bonds is 9. The van der Waals surface area contributed by atoms with Gasteiger partial charge in [-0.15, -0.1) is 0 Å². The molecule has 0 amide bonds. The van der Waals surface area contributed by atoms with Crippen LogP contribution in [0.3, 0.4) is 0 Å². The molecule has 0 radical (unpaired) electrons. The maximum Gasteiger partial charge on any atom is -0.00616 e. The molecule has 238 valence electrons. The van der Waals surface area contributed by atoms with Crippen LogP contribution in [0.5, 0.6) is 0 Å². The minimum absolute atomic E-state index is 0.435. The number of hydrogen-bond acceptors (Lipinski definition) is 0. The predicted molar refractivity (Wildman–Crippen MR) is 201 cm³/mol. The van der Waals surface area contributed by atoms with Crippen LogP contribution in [0.1, 0.15) is 94.6 Å². The Morgan fingerprint density at radius 2 is 0.479 bits per heavy atom. The molecule has 6 aromatic carbocycles. The number of benzene rings is 6. The van der Waals surface area contributed by atoms with E-state index in [0.717, 1.165) is 0 Å². The highest BCUT2D eigenvalue weighted by Crippen LogP contribution is 2.61. The summed E-state index contributed by atoms with van der Waals surface area (Å²) < 4.78 is 0. The number of hydrogen-bond donors (Lipinski definition) is 0. The Morgan fingerprint density at radius 1 is 0.271 bits per heavy atom. The smallest absolute Gasteiger partial charge is 0.00616 e. The fourth-order valence-corrected chi connectivity index (χ4v) is 9.91. The monoisotopic (exact) mass is 622 g/mol. The maximum atomic E-state index is 2.44. The zero-order valence-electron chi connectivity index (χ0n) is 27.8. The SMILES string of the molecule is c1ccc(C2CC(C(c3ccccc3)C(c3ccccc3)C3CC(c4ccccc4)C(c4ccccc4)C3)CC2c2ccccc2)cc1. The lowest BCUT2D eigenvalue weighted by molar-refractivity contribution is 0.290. The van der Waals surface area contributed by atoms with E-state index in [1.807, 2.05) is 0 Å². The van der Waals surface area contributed by atoms with Crippen LogP contribution in [0, 0.1) is 11.8 Å². The van der Waals surface area contributed by atoms with Crippen LogP contribution >= 0.6 is 0 Å². The van der Waals surface area contributed by atoms with Crippen LogP contribution in [0.2, 0.25) is 0 Å². The van der Waals surface area contributed by atoms with Gasteiger partial charge in [0.05, 0.1) is 0 Å². The molecule has 0 spiro atoms. The second-order valence-corrected chi connectivity index (χ2v) is 14.4. The van der Waals surface area contributed by atoms with Crippen LogP contribution in [-0.4, -0.2) is 0 Å². The predicted octanol–water partition coefficient (Wildman–Crippen LogP) is 12.5. The molecule has 2 aliphatic rings. The zero-order valence-corrected chi connectivity index (χ0v) is 27.8. The van der Waals surface area contributed by atoms with Gasteiger partial charge in [-0.2, -0.15) is 0 Å². The van der Waals surface area contributed by atoms with Crippen molar-refractivity contribution in [1.82, 2.24) is 0 Å². The fourth-order valence-electron chi connectivity index (χ4n) is 9.91. The van der Waals surface area contributed by atoms with Crippen molar-refractivity contribution in [3.8, 4) is 0 Å². The van der Waals surface area contributed by atoms with E-state index in [1.165, 1.54) is 59.1 Å². The van der Waals surface area contributed by atoms with Gasteiger partial charge in [-0.25, -0.2) is 0 Å². The van der Waals surface area contributed by atoms with Crippen molar-refractivity contribution >= 4 is 0 Å².